The molecule has 0 unspecified atom stereocenters. The molecule has 0 radical (unpaired) electrons. The molecule has 1 aliphatic carbocycles. The van der Waals surface area contributed by atoms with Gasteiger partial charge in [-0.05, 0) is 114 Å². The second kappa shape index (κ2) is 10.3. The lowest BCUT2D eigenvalue weighted by Gasteiger charge is -2.44. The molecule has 0 aromatic heterocycles. The maximum absolute atomic E-state index is 14.2. The molecule has 1 saturated carbocycles. The number of anilines is 7. The van der Waals surface area contributed by atoms with Gasteiger partial charge in [0, 0.05) is 53.9 Å². The smallest absolute Gasteiger partial charge is 0.252 e. The third kappa shape index (κ3) is 4.24. The van der Waals surface area contributed by atoms with Crippen LogP contribution in [0.25, 0.3) is 0 Å². The Labute approximate surface area is 254 Å². The normalized spacial score (nSPS) is 15.6. The number of para-hydroxylation sites is 2. The molecule has 8 rings (SSSR count). The molecule has 3 aliphatic rings. The fourth-order valence-corrected chi connectivity index (χ4v) is 7.64. The van der Waals surface area contributed by atoms with Crippen LogP contribution in [0.5, 0.6) is 0 Å². The highest BCUT2D eigenvalue weighted by Crippen LogP contribution is 2.46. The summed E-state index contributed by atoms with van der Waals surface area (Å²) in [5.41, 5.74) is 13.5. The van der Waals surface area contributed by atoms with Crippen molar-refractivity contribution in [2.24, 2.45) is 0 Å². The van der Waals surface area contributed by atoms with Crippen LogP contribution in [0, 0.1) is 5.82 Å². The molecule has 1 fully saturated rings. The lowest BCUT2D eigenvalue weighted by molar-refractivity contribution is 0.444. The number of hydrogen-bond donors (Lipinski definition) is 0. The number of hydrogen-bond acceptors (Lipinski definition) is 3. The van der Waals surface area contributed by atoms with Gasteiger partial charge in [-0.25, -0.2) is 4.39 Å². The van der Waals surface area contributed by atoms with Gasteiger partial charge in [0.1, 0.15) is 5.82 Å². The summed E-state index contributed by atoms with van der Waals surface area (Å²) in [6.45, 7) is 0.104. The van der Waals surface area contributed by atoms with Crippen molar-refractivity contribution in [1.82, 2.24) is 0 Å². The van der Waals surface area contributed by atoms with Crippen molar-refractivity contribution in [2.45, 2.75) is 38.0 Å². The Hall–Kier alpha value is -4.51. The number of halogens is 1. The van der Waals surface area contributed by atoms with E-state index in [-0.39, 0.29) is 12.5 Å². The topological polar surface area (TPSA) is 9.72 Å². The largest absolute Gasteiger partial charge is 0.378 e. The third-order valence-corrected chi connectivity index (χ3v) is 9.69. The first kappa shape index (κ1) is 26.1. The van der Waals surface area contributed by atoms with Crippen LogP contribution in [0.2, 0.25) is 0 Å². The quantitative estimate of drug-likeness (QED) is 0.201. The zero-order chi connectivity index (χ0) is 29.1. The van der Waals surface area contributed by atoms with Gasteiger partial charge in [0.25, 0.3) is 6.71 Å². The number of fused-ring (bicyclic) bond motifs is 4. The molecule has 5 aromatic rings. The summed E-state index contributed by atoms with van der Waals surface area (Å²) in [6, 6.07) is 38.6. The number of rotatable bonds is 4. The Balaban J connectivity index is 1.44. The van der Waals surface area contributed by atoms with E-state index in [2.05, 4.69) is 114 Å². The molecule has 0 spiro atoms. The highest BCUT2D eigenvalue weighted by Gasteiger charge is 2.43. The summed E-state index contributed by atoms with van der Waals surface area (Å²) in [4.78, 5) is 7.00. The highest BCUT2D eigenvalue weighted by atomic mass is 19.1. The second-order valence-corrected chi connectivity index (χ2v) is 12.4. The minimum absolute atomic E-state index is 0.104. The maximum Gasteiger partial charge on any atom is 0.252 e. The molecule has 0 N–H and O–H groups in total. The van der Waals surface area contributed by atoms with Crippen molar-refractivity contribution in [1.29, 1.82) is 0 Å². The standard InChI is InChI=1S/C38H35BFN3/c1-41(2)29-20-22-31(23-21-29)43-35-15-9-7-13-33(35)39-32-12-6-8-14-34(32)42(30-18-16-28(40)17-19-30)36-24-27(25-37(43)38(36)39)26-10-4-3-5-11-26/h6-9,12-26H,3-5,10-11H2,1-2H3. The van der Waals surface area contributed by atoms with Gasteiger partial charge in [-0.1, -0.05) is 55.7 Å². The van der Waals surface area contributed by atoms with E-state index in [1.165, 1.54) is 76.8 Å². The Morgan fingerprint density at radius 2 is 1.14 bits per heavy atom. The molecule has 0 bridgehead atoms. The number of nitrogens with zero attached hydrogens (tertiary/aromatic N) is 3. The van der Waals surface area contributed by atoms with Crippen LogP contribution in [0.4, 0.5) is 44.2 Å². The van der Waals surface area contributed by atoms with Crippen LogP contribution < -0.4 is 31.1 Å². The van der Waals surface area contributed by atoms with Gasteiger partial charge in [-0.3, -0.25) is 0 Å². The lowest BCUT2D eigenvalue weighted by Crippen LogP contribution is -2.61. The molecule has 212 valence electrons. The summed E-state index contributed by atoms with van der Waals surface area (Å²) >= 11 is 0. The van der Waals surface area contributed by atoms with E-state index < -0.39 is 0 Å². The van der Waals surface area contributed by atoms with E-state index in [9.17, 15) is 4.39 Å². The summed E-state index contributed by atoms with van der Waals surface area (Å²) in [5, 5.41) is 0. The van der Waals surface area contributed by atoms with Gasteiger partial charge in [0.15, 0.2) is 0 Å². The molecule has 0 atom stereocenters. The van der Waals surface area contributed by atoms with Gasteiger partial charge >= 0.3 is 0 Å². The van der Waals surface area contributed by atoms with Crippen LogP contribution in [-0.4, -0.2) is 20.8 Å². The van der Waals surface area contributed by atoms with E-state index in [1.54, 1.807) is 12.1 Å². The zero-order valence-corrected chi connectivity index (χ0v) is 24.8. The van der Waals surface area contributed by atoms with Crippen molar-refractivity contribution in [3.8, 4) is 0 Å². The monoisotopic (exact) mass is 563 g/mol. The minimum Gasteiger partial charge on any atom is -0.378 e. The van der Waals surface area contributed by atoms with Crippen molar-refractivity contribution < 1.29 is 4.39 Å². The third-order valence-electron chi connectivity index (χ3n) is 9.69. The second-order valence-electron chi connectivity index (χ2n) is 12.4. The Kier molecular flexibility index (Phi) is 6.29. The van der Waals surface area contributed by atoms with E-state index in [0.29, 0.717) is 5.92 Å². The molecule has 0 amide bonds. The Morgan fingerprint density at radius 3 is 1.67 bits per heavy atom. The van der Waals surface area contributed by atoms with E-state index >= 15 is 0 Å². The summed E-state index contributed by atoms with van der Waals surface area (Å²) in [7, 11) is 4.17. The lowest BCUT2D eigenvalue weighted by atomic mass is 9.33. The molecular weight excluding hydrogens is 528 g/mol. The van der Waals surface area contributed by atoms with E-state index in [1.807, 2.05) is 12.1 Å². The van der Waals surface area contributed by atoms with Crippen molar-refractivity contribution in [3.63, 3.8) is 0 Å². The van der Waals surface area contributed by atoms with Gasteiger partial charge in [-0.15, -0.1) is 0 Å². The summed E-state index contributed by atoms with van der Waals surface area (Å²) in [5.74, 6) is 0.322. The molecule has 2 heterocycles. The van der Waals surface area contributed by atoms with Crippen LogP contribution in [0.15, 0.2) is 109 Å². The van der Waals surface area contributed by atoms with Crippen LogP contribution in [0.1, 0.15) is 43.6 Å². The number of benzene rings is 5. The average molecular weight is 564 g/mol. The summed E-state index contributed by atoms with van der Waals surface area (Å²) in [6.07, 6.45) is 6.33. The first-order chi connectivity index (χ1) is 21.1. The van der Waals surface area contributed by atoms with Gasteiger partial charge in [-0.2, -0.15) is 0 Å². The van der Waals surface area contributed by atoms with Crippen LogP contribution in [-0.2, 0) is 0 Å². The van der Waals surface area contributed by atoms with Crippen molar-refractivity contribution in [2.75, 3.05) is 28.8 Å². The zero-order valence-electron chi connectivity index (χ0n) is 24.8. The fraction of sp³-hybridized carbons (Fsp3) is 0.211. The van der Waals surface area contributed by atoms with Gasteiger partial charge in [0.05, 0.1) is 0 Å². The Morgan fingerprint density at radius 1 is 0.628 bits per heavy atom. The van der Waals surface area contributed by atoms with Crippen LogP contribution in [0.3, 0.4) is 0 Å². The van der Waals surface area contributed by atoms with E-state index in [0.717, 1.165) is 17.1 Å². The molecule has 43 heavy (non-hydrogen) atoms. The molecule has 3 nitrogen and oxygen atoms in total. The Bertz CT molecular complexity index is 1810. The molecular formula is C38H35BFN3. The predicted molar refractivity (Wildman–Crippen MR) is 181 cm³/mol. The minimum atomic E-state index is -0.217. The first-order valence-electron chi connectivity index (χ1n) is 15.6. The van der Waals surface area contributed by atoms with Gasteiger partial charge < -0.3 is 14.7 Å². The predicted octanol–water partition coefficient (Wildman–Crippen LogP) is 8.02. The van der Waals surface area contributed by atoms with Crippen molar-refractivity contribution in [3.05, 3.63) is 121 Å². The molecule has 2 aliphatic heterocycles. The highest BCUT2D eigenvalue weighted by molar-refractivity contribution is 7.00. The average Bonchev–Trinajstić information content (AvgIpc) is 3.05. The van der Waals surface area contributed by atoms with Crippen molar-refractivity contribution >= 4 is 62.9 Å². The fourth-order valence-electron chi connectivity index (χ4n) is 7.64. The van der Waals surface area contributed by atoms with Gasteiger partial charge in [0.2, 0.25) is 0 Å². The maximum atomic E-state index is 14.2. The molecule has 0 saturated heterocycles. The SMILES string of the molecule is CN(C)c1ccc(N2c3ccccc3B3c4ccccc4N(c4ccc(F)cc4)c4cc(C5CCCCC5)cc2c43)cc1. The first-order valence-corrected chi connectivity index (χ1v) is 15.6. The summed E-state index contributed by atoms with van der Waals surface area (Å²) < 4.78 is 14.2. The molecule has 5 aromatic carbocycles. The van der Waals surface area contributed by atoms with E-state index in [4.69, 9.17) is 0 Å². The van der Waals surface area contributed by atoms with Crippen LogP contribution >= 0.6 is 0 Å². The molecule has 5 heteroatoms.